The van der Waals surface area contributed by atoms with Crippen molar-refractivity contribution in [3.63, 3.8) is 0 Å². The molecule has 0 aliphatic carbocycles. The third-order valence-electron chi connectivity index (χ3n) is 6.43. The van der Waals surface area contributed by atoms with Crippen LogP contribution in [0, 0.1) is 6.42 Å². The van der Waals surface area contributed by atoms with Crippen molar-refractivity contribution in [2.24, 2.45) is 5.73 Å². The SMILES string of the molecule is NC(=O)C1C(=O)Nc2ccc(C[CH]C(=O)N3CCC(N4CCCCC4)CC3)cc21. The number of nitrogens with one attached hydrogen (secondary N) is 1. The van der Waals surface area contributed by atoms with Crippen LogP contribution in [-0.2, 0) is 20.8 Å². The number of carbonyl (C=O) groups is 3. The Kier molecular flexibility index (Phi) is 5.85. The zero-order valence-electron chi connectivity index (χ0n) is 16.7. The number of primary amides is 1. The molecule has 29 heavy (non-hydrogen) atoms. The molecule has 1 radical (unpaired) electrons. The predicted molar refractivity (Wildman–Crippen MR) is 110 cm³/mol. The first-order valence-corrected chi connectivity index (χ1v) is 10.6. The lowest BCUT2D eigenvalue weighted by molar-refractivity contribution is -0.129. The summed E-state index contributed by atoms with van der Waals surface area (Å²) < 4.78 is 0. The second-order valence-electron chi connectivity index (χ2n) is 8.31. The van der Waals surface area contributed by atoms with Crippen molar-refractivity contribution in [2.75, 3.05) is 31.5 Å². The third-order valence-corrected chi connectivity index (χ3v) is 6.43. The molecular weight excluding hydrogens is 368 g/mol. The Balaban J connectivity index is 1.29. The Bertz CT molecular complexity index is 795. The van der Waals surface area contributed by atoms with Crippen LogP contribution >= 0.6 is 0 Å². The highest BCUT2D eigenvalue weighted by atomic mass is 16.2. The monoisotopic (exact) mass is 397 g/mol. The Labute approximate surface area is 171 Å². The van der Waals surface area contributed by atoms with E-state index in [9.17, 15) is 14.4 Å². The summed E-state index contributed by atoms with van der Waals surface area (Å²) in [5.74, 6) is -1.94. The lowest BCUT2D eigenvalue weighted by Crippen LogP contribution is -2.48. The van der Waals surface area contributed by atoms with Crippen molar-refractivity contribution in [3.8, 4) is 0 Å². The first kappa shape index (κ1) is 19.9. The van der Waals surface area contributed by atoms with Gasteiger partial charge in [-0.25, -0.2) is 0 Å². The van der Waals surface area contributed by atoms with Gasteiger partial charge in [0, 0.05) is 24.8 Å². The first-order valence-electron chi connectivity index (χ1n) is 10.6. The van der Waals surface area contributed by atoms with E-state index in [0.717, 1.165) is 31.5 Å². The van der Waals surface area contributed by atoms with Crippen LogP contribution in [0.4, 0.5) is 5.69 Å². The quantitative estimate of drug-likeness (QED) is 0.735. The topological polar surface area (TPSA) is 95.7 Å². The summed E-state index contributed by atoms with van der Waals surface area (Å²) in [5.41, 5.74) is 7.48. The van der Waals surface area contributed by atoms with Crippen LogP contribution in [0.3, 0.4) is 0 Å². The van der Waals surface area contributed by atoms with Gasteiger partial charge in [-0.15, -0.1) is 0 Å². The van der Waals surface area contributed by atoms with E-state index in [0.29, 0.717) is 23.7 Å². The fourth-order valence-corrected chi connectivity index (χ4v) is 4.79. The van der Waals surface area contributed by atoms with E-state index >= 15 is 0 Å². The van der Waals surface area contributed by atoms with Crippen molar-refractivity contribution < 1.29 is 14.4 Å². The minimum atomic E-state index is -0.950. The summed E-state index contributed by atoms with van der Waals surface area (Å²) in [4.78, 5) is 40.7. The fraction of sp³-hybridized carbons (Fsp3) is 0.545. The molecule has 0 saturated carbocycles. The van der Waals surface area contributed by atoms with Gasteiger partial charge >= 0.3 is 0 Å². The number of fused-ring (bicyclic) bond motifs is 1. The van der Waals surface area contributed by atoms with E-state index in [1.807, 2.05) is 11.0 Å². The molecule has 0 bridgehead atoms. The number of rotatable bonds is 5. The number of piperidine rings is 2. The number of nitrogens with two attached hydrogens (primary N) is 1. The van der Waals surface area contributed by atoms with Crippen molar-refractivity contribution in [3.05, 3.63) is 35.7 Å². The lowest BCUT2D eigenvalue weighted by Gasteiger charge is -2.40. The van der Waals surface area contributed by atoms with E-state index in [4.69, 9.17) is 5.73 Å². The largest absolute Gasteiger partial charge is 0.369 e. The molecule has 0 aromatic heterocycles. The molecule has 1 atom stereocenters. The maximum Gasteiger partial charge on any atom is 0.241 e. The molecule has 3 aliphatic rings. The molecule has 3 N–H and O–H groups in total. The standard InChI is InChI=1S/C22H29N4O3/c23-21(28)20-17-14-15(4-6-18(17)24-22(20)29)5-7-19(27)26-12-8-16(9-13-26)25-10-2-1-3-11-25/h4,6-7,14,16,20H,1-3,5,8-13H2,(H2,23,28)(H,24,29). The molecule has 7 nitrogen and oxygen atoms in total. The number of carbonyl (C=O) groups excluding carboxylic acids is 3. The minimum Gasteiger partial charge on any atom is -0.369 e. The van der Waals surface area contributed by atoms with Gasteiger partial charge in [-0.05, 0) is 62.4 Å². The summed E-state index contributed by atoms with van der Waals surface area (Å²) >= 11 is 0. The summed E-state index contributed by atoms with van der Waals surface area (Å²) in [6.45, 7) is 4.02. The second-order valence-corrected chi connectivity index (χ2v) is 8.31. The van der Waals surface area contributed by atoms with Crippen LogP contribution in [0.1, 0.15) is 49.1 Å². The number of hydrogen-bond acceptors (Lipinski definition) is 4. The van der Waals surface area contributed by atoms with E-state index in [2.05, 4.69) is 10.2 Å². The Morgan fingerprint density at radius 3 is 2.52 bits per heavy atom. The normalized spacial score (nSPS) is 23.0. The van der Waals surface area contributed by atoms with Gasteiger partial charge in [-0.3, -0.25) is 14.4 Å². The van der Waals surface area contributed by atoms with Gasteiger partial charge in [0.2, 0.25) is 17.7 Å². The summed E-state index contributed by atoms with van der Waals surface area (Å²) in [6.07, 6.45) is 8.20. The smallest absolute Gasteiger partial charge is 0.241 e. The van der Waals surface area contributed by atoms with E-state index in [1.165, 1.54) is 32.4 Å². The number of nitrogens with zero attached hydrogens (tertiary/aromatic N) is 2. The Morgan fingerprint density at radius 2 is 1.83 bits per heavy atom. The zero-order valence-corrected chi connectivity index (χ0v) is 16.7. The first-order chi connectivity index (χ1) is 14.0. The number of benzene rings is 1. The van der Waals surface area contributed by atoms with Crippen LogP contribution in [0.2, 0.25) is 0 Å². The molecule has 3 amide bonds. The van der Waals surface area contributed by atoms with Crippen molar-refractivity contribution in [2.45, 2.75) is 50.5 Å². The molecule has 7 heteroatoms. The molecule has 1 aromatic carbocycles. The van der Waals surface area contributed by atoms with Gasteiger partial charge in [0.15, 0.2) is 0 Å². The van der Waals surface area contributed by atoms with Gasteiger partial charge in [0.05, 0.1) is 6.42 Å². The van der Waals surface area contributed by atoms with Gasteiger partial charge in [-0.1, -0.05) is 18.6 Å². The molecule has 2 fully saturated rings. The lowest BCUT2D eigenvalue weighted by atomic mass is 9.96. The summed E-state index contributed by atoms with van der Waals surface area (Å²) in [7, 11) is 0. The zero-order chi connectivity index (χ0) is 20.4. The maximum absolute atomic E-state index is 12.6. The van der Waals surface area contributed by atoms with Crippen LogP contribution in [0.25, 0.3) is 0 Å². The van der Waals surface area contributed by atoms with E-state index < -0.39 is 11.8 Å². The molecular formula is C22H29N4O3. The number of anilines is 1. The summed E-state index contributed by atoms with van der Waals surface area (Å²) in [6, 6.07) is 6.06. The van der Waals surface area contributed by atoms with Crippen molar-refractivity contribution in [1.29, 1.82) is 0 Å². The van der Waals surface area contributed by atoms with Crippen LogP contribution in [0.5, 0.6) is 0 Å². The number of amides is 3. The van der Waals surface area contributed by atoms with Crippen LogP contribution in [-0.4, -0.2) is 59.7 Å². The predicted octanol–water partition coefficient (Wildman–Crippen LogP) is 1.43. The molecule has 2 saturated heterocycles. The third kappa shape index (κ3) is 4.29. The van der Waals surface area contributed by atoms with E-state index in [-0.39, 0.29) is 11.8 Å². The molecule has 155 valence electrons. The molecule has 3 heterocycles. The van der Waals surface area contributed by atoms with Crippen LogP contribution < -0.4 is 11.1 Å². The second kappa shape index (κ2) is 8.53. The molecule has 0 spiro atoms. The molecule has 4 rings (SSSR count). The van der Waals surface area contributed by atoms with Gasteiger partial charge in [0.1, 0.15) is 5.92 Å². The maximum atomic E-state index is 12.6. The molecule has 3 aliphatic heterocycles. The fourth-order valence-electron chi connectivity index (χ4n) is 4.79. The Hall–Kier alpha value is -2.41. The van der Waals surface area contributed by atoms with Crippen molar-refractivity contribution >= 4 is 23.4 Å². The highest BCUT2D eigenvalue weighted by Gasteiger charge is 2.35. The minimum absolute atomic E-state index is 0.0586. The van der Waals surface area contributed by atoms with Gasteiger partial charge in [-0.2, -0.15) is 0 Å². The molecule has 1 aromatic rings. The van der Waals surface area contributed by atoms with Gasteiger partial charge in [0.25, 0.3) is 0 Å². The number of likely N-dealkylation sites (tertiary alicyclic amines) is 2. The molecule has 1 unspecified atom stereocenters. The highest BCUT2D eigenvalue weighted by Crippen LogP contribution is 2.33. The number of hydrogen-bond donors (Lipinski definition) is 2. The average Bonchev–Trinajstić information content (AvgIpc) is 3.08. The summed E-state index contributed by atoms with van der Waals surface area (Å²) in [5, 5.41) is 2.67. The van der Waals surface area contributed by atoms with Crippen molar-refractivity contribution in [1.82, 2.24) is 9.80 Å². The average molecular weight is 397 g/mol. The highest BCUT2D eigenvalue weighted by molar-refractivity contribution is 6.15. The Morgan fingerprint density at radius 1 is 1.10 bits per heavy atom. The van der Waals surface area contributed by atoms with Crippen LogP contribution in [0.15, 0.2) is 18.2 Å². The van der Waals surface area contributed by atoms with Gasteiger partial charge < -0.3 is 20.9 Å². The van der Waals surface area contributed by atoms with E-state index in [1.54, 1.807) is 18.6 Å².